The van der Waals surface area contributed by atoms with Crippen molar-refractivity contribution in [3.63, 3.8) is 0 Å². The molecule has 0 aromatic carbocycles. The summed E-state index contributed by atoms with van der Waals surface area (Å²) in [6, 6.07) is -0.460. The summed E-state index contributed by atoms with van der Waals surface area (Å²) in [4.78, 5) is 36.1. The lowest BCUT2D eigenvalue weighted by Gasteiger charge is -2.17. The van der Waals surface area contributed by atoms with E-state index in [1.165, 1.54) is 11.9 Å². The number of carbonyl (C=O) groups excluding carboxylic acids is 3. The number of urea groups is 1. The highest BCUT2D eigenvalue weighted by Crippen LogP contribution is 2.09. The first-order valence-electron chi connectivity index (χ1n) is 5.34. The van der Waals surface area contributed by atoms with E-state index in [1.807, 2.05) is 0 Å². The maximum atomic E-state index is 11.5. The van der Waals surface area contributed by atoms with Gasteiger partial charge in [0.1, 0.15) is 6.54 Å². The molecule has 17 heavy (non-hydrogen) atoms. The molecule has 0 saturated carbocycles. The molecule has 1 N–H and O–H groups in total. The molecule has 0 aromatic heterocycles. The van der Waals surface area contributed by atoms with Gasteiger partial charge in [0.05, 0.1) is 25.7 Å². The van der Waals surface area contributed by atoms with Crippen LogP contribution in [0.2, 0.25) is 0 Å². The Kier molecular flexibility index (Phi) is 4.45. The second kappa shape index (κ2) is 5.62. The summed E-state index contributed by atoms with van der Waals surface area (Å²) in [6.07, 6.45) is -1.32. The van der Waals surface area contributed by atoms with E-state index in [0.29, 0.717) is 0 Å². The lowest BCUT2D eigenvalue weighted by atomic mass is 10.2. The molecular formula is C10H16N2O5. The predicted octanol–water partition coefficient (Wildman–Crippen LogP) is -0.805. The third kappa shape index (κ3) is 3.42. The third-order valence-electron chi connectivity index (χ3n) is 2.33. The summed E-state index contributed by atoms with van der Waals surface area (Å²) >= 11 is 0. The maximum Gasteiger partial charge on any atom is 0.327 e. The summed E-state index contributed by atoms with van der Waals surface area (Å²) in [6.45, 7) is 1.72. The van der Waals surface area contributed by atoms with Gasteiger partial charge in [-0.15, -0.1) is 0 Å². The van der Waals surface area contributed by atoms with E-state index >= 15 is 0 Å². The molecule has 0 radical (unpaired) electrons. The molecule has 0 spiro atoms. The van der Waals surface area contributed by atoms with E-state index in [2.05, 4.69) is 4.74 Å². The normalized spacial score (nSPS) is 17.6. The summed E-state index contributed by atoms with van der Waals surface area (Å²) in [5.74, 6) is -0.923. The van der Waals surface area contributed by atoms with Crippen LogP contribution >= 0.6 is 0 Å². The summed E-state index contributed by atoms with van der Waals surface area (Å²) < 4.78 is 4.65. The van der Waals surface area contributed by atoms with Crippen molar-refractivity contribution < 1.29 is 24.2 Å². The molecule has 0 aliphatic carbocycles. The van der Waals surface area contributed by atoms with Crippen molar-refractivity contribution in [2.24, 2.45) is 0 Å². The van der Waals surface area contributed by atoms with Gasteiger partial charge in [0, 0.05) is 7.05 Å². The van der Waals surface area contributed by atoms with E-state index in [0.717, 1.165) is 4.90 Å². The summed E-state index contributed by atoms with van der Waals surface area (Å²) in [7, 11) is 1.50. The van der Waals surface area contributed by atoms with Crippen molar-refractivity contribution >= 4 is 17.9 Å². The highest BCUT2D eigenvalue weighted by atomic mass is 16.5. The quantitative estimate of drug-likeness (QED) is 0.505. The molecule has 1 fully saturated rings. The fourth-order valence-electron chi connectivity index (χ4n) is 1.54. The second-order valence-electron chi connectivity index (χ2n) is 3.81. The number of esters is 1. The van der Waals surface area contributed by atoms with Crippen LogP contribution in [0.3, 0.4) is 0 Å². The Labute approximate surface area is 98.9 Å². The fourth-order valence-corrected chi connectivity index (χ4v) is 1.54. The van der Waals surface area contributed by atoms with Gasteiger partial charge in [-0.2, -0.15) is 0 Å². The first-order chi connectivity index (χ1) is 7.95. The Balaban J connectivity index is 2.46. The van der Waals surface area contributed by atoms with Gasteiger partial charge in [-0.05, 0) is 6.92 Å². The highest BCUT2D eigenvalue weighted by Gasteiger charge is 2.34. The standard InChI is InChI=1S/C10H16N2O5/c1-3-17-9(15)4-7(13)5-12-8(14)6-11(2)10(12)16/h7,13H,3-6H2,1-2H3. The van der Waals surface area contributed by atoms with E-state index < -0.39 is 18.1 Å². The SMILES string of the molecule is CCOC(=O)CC(O)CN1C(=O)CN(C)C1=O. The molecular weight excluding hydrogens is 228 g/mol. The minimum atomic E-state index is -1.09. The number of likely N-dealkylation sites (N-methyl/N-ethyl adjacent to an activating group) is 1. The Hall–Kier alpha value is -1.63. The molecule has 1 atom stereocenters. The number of aliphatic hydroxyl groups excluding tert-OH is 1. The van der Waals surface area contributed by atoms with Gasteiger partial charge in [-0.3, -0.25) is 14.5 Å². The van der Waals surface area contributed by atoms with Gasteiger partial charge in [-0.25, -0.2) is 4.79 Å². The molecule has 1 aliphatic heterocycles. The van der Waals surface area contributed by atoms with Crippen molar-refractivity contribution in [2.75, 3.05) is 26.7 Å². The number of β-amino-alcohol motifs (C(OH)–C–C–N with tert-alkyl or cyclic N) is 1. The average molecular weight is 244 g/mol. The Bertz CT molecular complexity index is 331. The van der Waals surface area contributed by atoms with Crippen LogP contribution in [0.4, 0.5) is 4.79 Å². The van der Waals surface area contributed by atoms with E-state index in [-0.39, 0.29) is 32.0 Å². The van der Waals surface area contributed by atoms with Gasteiger partial charge in [0.25, 0.3) is 0 Å². The van der Waals surface area contributed by atoms with Gasteiger partial charge in [-0.1, -0.05) is 0 Å². The molecule has 7 nitrogen and oxygen atoms in total. The maximum absolute atomic E-state index is 11.5. The van der Waals surface area contributed by atoms with Crippen LogP contribution < -0.4 is 0 Å². The van der Waals surface area contributed by atoms with Crippen LogP contribution in [0.15, 0.2) is 0 Å². The number of rotatable bonds is 5. The number of amides is 3. The number of hydrogen-bond donors (Lipinski definition) is 1. The predicted molar refractivity (Wildman–Crippen MR) is 57.0 cm³/mol. The zero-order chi connectivity index (χ0) is 13.0. The molecule has 1 unspecified atom stereocenters. The Morgan fingerprint density at radius 2 is 2.18 bits per heavy atom. The monoisotopic (exact) mass is 244 g/mol. The lowest BCUT2D eigenvalue weighted by Crippen LogP contribution is -2.38. The van der Waals surface area contributed by atoms with Crippen LogP contribution in [0.1, 0.15) is 13.3 Å². The van der Waals surface area contributed by atoms with Crippen molar-refractivity contribution in [2.45, 2.75) is 19.4 Å². The van der Waals surface area contributed by atoms with E-state index in [1.54, 1.807) is 6.92 Å². The number of nitrogens with zero attached hydrogens (tertiary/aromatic N) is 2. The average Bonchev–Trinajstić information content (AvgIpc) is 2.45. The van der Waals surface area contributed by atoms with E-state index in [4.69, 9.17) is 0 Å². The second-order valence-corrected chi connectivity index (χ2v) is 3.81. The first-order valence-corrected chi connectivity index (χ1v) is 5.34. The number of hydrogen-bond acceptors (Lipinski definition) is 5. The molecule has 1 heterocycles. The lowest BCUT2D eigenvalue weighted by molar-refractivity contribution is -0.146. The Morgan fingerprint density at radius 1 is 1.53 bits per heavy atom. The largest absolute Gasteiger partial charge is 0.466 e. The smallest absolute Gasteiger partial charge is 0.327 e. The van der Waals surface area contributed by atoms with Crippen LogP contribution in [-0.2, 0) is 14.3 Å². The number of imide groups is 1. The molecule has 96 valence electrons. The minimum Gasteiger partial charge on any atom is -0.466 e. The molecule has 7 heteroatoms. The van der Waals surface area contributed by atoms with Gasteiger partial charge in [0.15, 0.2) is 0 Å². The summed E-state index contributed by atoms with van der Waals surface area (Å²) in [5.41, 5.74) is 0. The number of carbonyl (C=O) groups is 3. The molecule has 1 saturated heterocycles. The van der Waals surface area contributed by atoms with Crippen LogP contribution in [0.5, 0.6) is 0 Å². The molecule has 1 aliphatic rings. The van der Waals surface area contributed by atoms with Crippen LogP contribution in [0, 0.1) is 0 Å². The van der Waals surface area contributed by atoms with Gasteiger partial charge >= 0.3 is 12.0 Å². The number of aliphatic hydroxyl groups is 1. The molecule has 3 amide bonds. The van der Waals surface area contributed by atoms with E-state index in [9.17, 15) is 19.5 Å². The van der Waals surface area contributed by atoms with Gasteiger partial charge in [0.2, 0.25) is 5.91 Å². The molecule has 0 bridgehead atoms. The van der Waals surface area contributed by atoms with Crippen LogP contribution in [0.25, 0.3) is 0 Å². The van der Waals surface area contributed by atoms with Gasteiger partial charge < -0.3 is 14.7 Å². The zero-order valence-corrected chi connectivity index (χ0v) is 9.88. The fraction of sp³-hybridized carbons (Fsp3) is 0.700. The highest BCUT2D eigenvalue weighted by molar-refractivity contribution is 6.01. The van der Waals surface area contributed by atoms with Crippen LogP contribution in [-0.4, -0.2) is 65.7 Å². The molecule has 1 rings (SSSR count). The Morgan fingerprint density at radius 3 is 2.65 bits per heavy atom. The van der Waals surface area contributed by atoms with Crippen molar-refractivity contribution in [1.82, 2.24) is 9.80 Å². The molecule has 0 aromatic rings. The third-order valence-corrected chi connectivity index (χ3v) is 2.33. The van der Waals surface area contributed by atoms with Crippen molar-refractivity contribution in [3.8, 4) is 0 Å². The zero-order valence-electron chi connectivity index (χ0n) is 9.88. The minimum absolute atomic E-state index is 0.00492. The summed E-state index contributed by atoms with van der Waals surface area (Å²) in [5, 5.41) is 9.56. The number of ether oxygens (including phenoxy) is 1. The van der Waals surface area contributed by atoms with Crippen molar-refractivity contribution in [3.05, 3.63) is 0 Å². The topological polar surface area (TPSA) is 87.2 Å². The van der Waals surface area contributed by atoms with Crippen molar-refractivity contribution in [1.29, 1.82) is 0 Å². The first kappa shape index (κ1) is 13.4.